The van der Waals surface area contributed by atoms with Crippen molar-refractivity contribution < 1.29 is 29.1 Å². The Bertz CT molecular complexity index is 409. The number of carbonyl (C=O) groups is 3. The maximum absolute atomic E-state index is 11.8. The Hall–Kier alpha value is -1.75. The van der Waals surface area contributed by atoms with E-state index >= 15 is 0 Å². The average molecular weight is 362 g/mol. The van der Waals surface area contributed by atoms with Crippen LogP contribution >= 0.6 is 0 Å². The molecule has 10 heteroatoms. The second kappa shape index (κ2) is 13.5. The Morgan fingerprint density at radius 1 is 1.00 bits per heavy atom. The van der Waals surface area contributed by atoms with E-state index in [1.54, 1.807) is 28.8 Å². The van der Waals surface area contributed by atoms with Gasteiger partial charge in [-0.25, -0.2) is 4.79 Å². The van der Waals surface area contributed by atoms with E-state index in [0.717, 1.165) is 11.5 Å². The standard InChI is InChI=1S/C15H30N4O6/c1-5-16(3)10-15(23)25-19(12-21)13-24-14(22)9-17(4)7-8-18(6-2)11-20/h11,21H,5-10,12-13H2,1-4H3. The van der Waals surface area contributed by atoms with Gasteiger partial charge in [-0.05, 0) is 27.6 Å². The zero-order valence-electron chi connectivity index (χ0n) is 15.5. The van der Waals surface area contributed by atoms with Crippen molar-refractivity contribution in [1.29, 1.82) is 0 Å². The van der Waals surface area contributed by atoms with Crippen molar-refractivity contribution in [2.24, 2.45) is 0 Å². The first kappa shape index (κ1) is 23.2. The van der Waals surface area contributed by atoms with Crippen LogP contribution < -0.4 is 0 Å². The third-order valence-electron chi connectivity index (χ3n) is 3.42. The fourth-order valence-corrected chi connectivity index (χ4v) is 1.67. The van der Waals surface area contributed by atoms with Gasteiger partial charge in [-0.1, -0.05) is 12.0 Å². The topological polar surface area (TPSA) is 103 Å². The molecule has 25 heavy (non-hydrogen) atoms. The Labute approximate surface area is 148 Å². The Kier molecular flexibility index (Phi) is 12.6. The molecule has 0 spiro atoms. The first-order valence-corrected chi connectivity index (χ1v) is 8.14. The third-order valence-corrected chi connectivity index (χ3v) is 3.42. The van der Waals surface area contributed by atoms with E-state index in [1.807, 2.05) is 13.8 Å². The highest BCUT2D eigenvalue weighted by Crippen LogP contribution is 1.95. The summed E-state index contributed by atoms with van der Waals surface area (Å²) in [6.45, 7) is 5.20. The van der Waals surface area contributed by atoms with Crippen molar-refractivity contribution in [3.05, 3.63) is 0 Å². The van der Waals surface area contributed by atoms with Crippen LogP contribution in [0.15, 0.2) is 0 Å². The summed E-state index contributed by atoms with van der Waals surface area (Å²) in [7, 11) is 3.48. The van der Waals surface area contributed by atoms with Crippen molar-refractivity contribution in [3.8, 4) is 0 Å². The Balaban J connectivity index is 4.11. The molecule has 0 saturated carbocycles. The normalized spacial score (nSPS) is 11.0. The van der Waals surface area contributed by atoms with Gasteiger partial charge in [0.1, 0.15) is 6.73 Å². The second-order valence-electron chi connectivity index (χ2n) is 5.53. The number of nitrogens with zero attached hydrogens (tertiary/aromatic N) is 4. The molecular formula is C15H30N4O6. The highest BCUT2D eigenvalue weighted by Gasteiger charge is 2.15. The minimum Gasteiger partial charge on any atom is -0.445 e. The molecule has 0 aromatic heterocycles. The predicted octanol–water partition coefficient (Wildman–Crippen LogP) is -1.44. The monoisotopic (exact) mass is 362 g/mol. The number of aliphatic hydroxyl groups is 1. The molecule has 1 N–H and O–H groups in total. The van der Waals surface area contributed by atoms with E-state index in [1.165, 1.54) is 0 Å². The second-order valence-corrected chi connectivity index (χ2v) is 5.53. The summed E-state index contributed by atoms with van der Waals surface area (Å²) < 4.78 is 4.97. The number of aliphatic hydroxyl groups excluding tert-OH is 1. The average Bonchev–Trinajstić information content (AvgIpc) is 2.59. The molecule has 0 fully saturated rings. The lowest BCUT2D eigenvalue weighted by Gasteiger charge is -2.22. The van der Waals surface area contributed by atoms with E-state index < -0.39 is 18.7 Å². The van der Waals surface area contributed by atoms with Gasteiger partial charge in [0, 0.05) is 19.6 Å². The van der Waals surface area contributed by atoms with Crippen LogP contribution in [0.1, 0.15) is 13.8 Å². The number of hydrogen-bond donors (Lipinski definition) is 1. The van der Waals surface area contributed by atoms with Gasteiger partial charge in [-0.15, -0.1) is 0 Å². The van der Waals surface area contributed by atoms with Crippen molar-refractivity contribution >= 4 is 18.3 Å². The number of amides is 1. The van der Waals surface area contributed by atoms with Crippen LogP contribution in [0.25, 0.3) is 0 Å². The molecule has 0 aliphatic heterocycles. The molecule has 0 radical (unpaired) electrons. The van der Waals surface area contributed by atoms with Gasteiger partial charge in [-0.2, -0.15) is 0 Å². The quantitative estimate of drug-likeness (QED) is 0.172. The first-order valence-electron chi connectivity index (χ1n) is 8.14. The number of carbonyl (C=O) groups excluding carboxylic acids is 3. The van der Waals surface area contributed by atoms with Crippen LogP contribution in [0.2, 0.25) is 0 Å². The molecule has 10 nitrogen and oxygen atoms in total. The molecule has 0 bridgehead atoms. The van der Waals surface area contributed by atoms with Crippen LogP contribution in [0.5, 0.6) is 0 Å². The van der Waals surface area contributed by atoms with Crippen LogP contribution in [-0.2, 0) is 24.0 Å². The minimum atomic E-state index is -0.588. The summed E-state index contributed by atoms with van der Waals surface area (Å²) in [5.41, 5.74) is 0. The lowest BCUT2D eigenvalue weighted by Crippen LogP contribution is -2.38. The summed E-state index contributed by atoms with van der Waals surface area (Å²) in [6.07, 6.45) is 0.760. The number of hydrogen-bond acceptors (Lipinski definition) is 9. The molecule has 0 aromatic rings. The summed E-state index contributed by atoms with van der Waals surface area (Å²) in [6, 6.07) is 0. The SMILES string of the molecule is CCN(C)CC(=O)ON(CO)COC(=O)CN(C)CCN(C=O)CC. The number of likely N-dealkylation sites (N-methyl/N-ethyl adjacent to an activating group) is 3. The largest absolute Gasteiger partial charge is 0.445 e. The van der Waals surface area contributed by atoms with E-state index in [0.29, 0.717) is 26.2 Å². The van der Waals surface area contributed by atoms with Crippen molar-refractivity contribution in [2.45, 2.75) is 13.8 Å². The molecule has 0 aromatic carbocycles. The van der Waals surface area contributed by atoms with Crippen molar-refractivity contribution in [2.75, 3.05) is 66.8 Å². The van der Waals surface area contributed by atoms with Crippen molar-refractivity contribution in [3.63, 3.8) is 0 Å². The van der Waals surface area contributed by atoms with E-state index in [4.69, 9.17) is 14.7 Å². The van der Waals surface area contributed by atoms with E-state index in [9.17, 15) is 14.4 Å². The molecule has 0 aliphatic rings. The molecule has 0 rings (SSSR count). The van der Waals surface area contributed by atoms with Crippen LogP contribution in [0.4, 0.5) is 0 Å². The van der Waals surface area contributed by atoms with Gasteiger partial charge in [0.05, 0.1) is 13.1 Å². The maximum atomic E-state index is 11.8. The lowest BCUT2D eigenvalue weighted by atomic mass is 10.4. The number of esters is 1. The molecule has 0 heterocycles. The number of hydroxylamine groups is 2. The van der Waals surface area contributed by atoms with Gasteiger partial charge in [0.2, 0.25) is 6.41 Å². The summed E-state index contributed by atoms with van der Waals surface area (Å²) in [5, 5.41) is 10.0. The van der Waals surface area contributed by atoms with Crippen LogP contribution in [0.3, 0.4) is 0 Å². The number of ether oxygens (including phenoxy) is 1. The highest BCUT2D eigenvalue weighted by molar-refractivity contribution is 5.72. The number of rotatable bonds is 14. The summed E-state index contributed by atoms with van der Waals surface area (Å²) >= 11 is 0. The highest BCUT2D eigenvalue weighted by atomic mass is 16.7. The van der Waals surface area contributed by atoms with Crippen molar-refractivity contribution in [1.82, 2.24) is 19.8 Å². The fraction of sp³-hybridized carbons (Fsp3) is 0.800. The minimum absolute atomic E-state index is 0.0161. The van der Waals surface area contributed by atoms with Gasteiger partial charge in [0.25, 0.3) is 0 Å². The van der Waals surface area contributed by atoms with E-state index in [-0.39, 0.29) is 19.8 Å². The molecule has 0 unspecified atom stereocenters. The lowest BCUT2D eigenvalue weighted by molar-refractivity contribution is -0.233. The predicted molar refractivity (Wildman–Crippen MR) is 90.0 cm³/mol. The van der Waals surface area contributed by atoms with Gasteiger partial charge >= 0.3 is 11.9 Å². The van der Waals surface area contributed by atoms with Crippen LogP contribution in [0, 0.1) is 0 Å². The van der Waals surface area contributed by atoms with E-state index in [2.05, 4.69) is 0 Å². The van der Waals surface area contributed by atoms with Crippen LogP contribution in [-0.4, -0.2) is 110 Å². The fourth-order valence-electron chi connectivity index (χ4n) is 1.67. The summed E-state index contributed by atoms with van der Waals surface area (Å²) in [4.78, 5) is 44.0. The van der Waals surface area contributed by atoms with Gasteiger partial charge < -0.3 is 19.6 Å². The molecule has 1 amide bonds. The molecular weight excluding hydrogens is 332 g/mol. The molecule has 0 atom stereocenters. The third kappa shape index (κ3) is 11.4. The maximum Gasteiger partial charge on any atom is 0.339 e. The summed E-state index contributed by atoms with van der Waals surface area (Å²) in [5.74, 6) is -1.09. The first-order chi connectivity index (χ1) is 11.9. The molecule has 0 saturated heterocycles. The Morgan fingerprint density at radius 2 is 1.64 bits per heavy atom. The molecule has 146 valence electrons. The van der Waals surface area contributed by atoms with Gasteiger partial charge in [-0.3, -0.25) is 19.4 Å². The zero-order chi connectivity index (χ0) is 19.2. The smallest absolute Gasteiger partial charge is 0.339 e. The van der Waals surface area contributed by atoms with Gasteiger partial charge in [0.15, 0.2) is 6.73 Å². The molecule has 0 aliphatic carbocycles. The zero-order valence-corrected chi connectivity index (χ0v) is 15.5. The Morgan fingerprint density at radius 3 is 2.16 bits per heavy atom.